The molecule has 74 valence electrons. The van der Waals surface area contributed by atoms with Gasteiger partial charge >= 0.3 is 0 Å². The van der Waals surface area contributed by atoms with Crippen molar-refractivity contribution in [3.05, 3.63) is 0 Å². The quantitative estimate of drug-likeness (QED) is 0.567. The van der Waals surface area contributed by atoms with Crippen molar-refractivity contribution in [2.45, 2.75) is 46.1 Å². The molecular formula is C9H24OSi2. The van der Waals surface area contributed by atoms with Gasteiger partial charge in [-0.25, -0.2) is 0 Å². The topological polar surface area (TPSA) is 9.23 Å². The van der Waals surface area contributed by atoms with Crippen LogP contribution in [0.4, 0.5) is 0 Å². The van der Waals surface area contributed by atoms with Crippen LogP contribution in [-0.4, -0.2) is 20.2 Å². The van der Waals surface area contributed by atoms with Gasteiger partial charge in [0.25, 0.3) is 0 Å². The van der Waals surface area contributed by atoms with E-state index in [0.717, 1.165) is 22.3 Å². The Balaban J connectivity index is 3.51. The van der Waals surface area contributed by atoms with Gasteiger partial charge in [-0.2, -0.15) is 0 Å². The van der Waals surface area contributed by atoms with Crippen LogP contribution < -0.4 is 0 Å². The standard InChI is InChI=1S/C9H24OSi2/c1-4-8(3)6-9(5-2)7-12-10-11/h8-9H,4-7,12H2,1-3,11H3. The average molecular weight is 204 g/mol. The summed E-state index contributed by atoms with van der Waals surface area (Å²) in [6.45, 7) is 6.97. The van der Waals surface area contributed by atoms with E-state index in [9.17, 15) is 0 Å². The van der Waals surface area contributed by atoms with E-state index in [2.05, 4.69) is 20.8 Å². The molecule has 12 heavy (non-hydrogen) atoms. The zero-order valence-corrected chi connectivity index (χ0v) is 12.5. The van der Waals surface area contributed by atoms with Crippen molar-refractivity contribution in [1.82, 2.24) is 0 Å². The lowest BCUT2D eigenvalue weighted by molar-refractivity contribution is 0.392. The molecule has 2 atom stereocenters. The van der Waals surface area contributed by atoms with Crippen molar-refractivity contribution in [3.63, 3.8) is 0 Å². The fraction of sp³-hybridized carbons (Fsp3) is 1.00. The first-order valence-electron chi connectivity index (χ1n) is 5.23. The molecule has 0 bridgehead atoms. The number of hydrogen-bond acceptors (Lipinski definition) is 1. The molecule has 0 radical (unpaired) electrons. The third kappa shape index (κ3) is 5.97. The third-order valence-corrected chi connectivity index (χ3v) is 5.43. The predicted octanol–water partition coefficient (Wildman–Crippen LogP) is 1.25. The highest BCUT2D eigenvalue weighted by Crippen LogP contribution is 2.20. The molecule has 3 heteroatoms. The van der Waals surface area contributed by atoms with E-state index in [1.807, 2.05) is 0 Å². The molecule has 1 nitrogen and oxygen atoms in total. The minimum absolute atomic E-state index is 0.126. The van der Waals surface area contributed by atoms with Crippen molar-refractivity contribution in [3.8, 4) is 0 Å². The van der Waals surface area contributed by atoms with Gasteiger partial charge in [0.2, 0.25) is 0 Å². The molecule has 0 rings (SSSR count). The molecule has 0 aromatic carbocycles. The molecule has 0 N–H and O–H groups in total. The van der Waals surface area contributed by atoms with Crippen LogP contribution in [0, 0.1) is 11.8 Å². The molecule has 0 aliphatic rings. The second kappa shape index (κ2) is 8.01. The Hall–Kier alpha value is 0.394. The highest BCUT2D eigenvalue weighted by Gasteiger charge is 2.09. The van der Waals surface area contributed by atoms with E-state index in [1.165, 1.54) is 25.3 Å². The van der Waals surface area contributed by atoms with Gasteiger partial charge in [-0.15, -0.1) is 0 Å². The van der Waals surface area contributed by atoms with E-state index in [4.69, 9.17) is 4.12 Å². The van der Waals surface area contributed by atoms with E-state index < -0.39 is 0 Å². The Kier molecular flexibility index (Phi) is 8.28. The van der Waals surface area contributed by atoms with Gasteiger partial charge < -0.3 is 4.12 Å². The summed E-state index contributed by atoms with van der Waals surface area (Å²) in [4.78, 5) is 0. The first-order valence-corrected chi connectivity index (χ1v) is 7.62. The fourth-order valence-electron chi connectivity index (χ4n) is 1.51. The van der Waals surface area contributed by atoms with E-state index in [1.54, 1.807) is 0 Å². The van der Waals surface area contributed by atoms with Gasteiger partial charge in [0, 0.05) is 0 Å². The summed E-state index contributed by atoms with van der Waals surface area (Å²) >= 11 is 0. The van der Waals surface area contributed by atoms with Crippen molar-refractivity contribution in [2.24, 2.45) is 11.8 Å². The highest BCUT2D eigenvalue weighted by atomic mass is 28.3. The van der Waals surface area contributed by atoms with Crippen LogP contribution in [-0.2, 0) is 4.12 Å². The van der Waals surface area contributed by atoms with Crippen LogP contribution in [0.15, 0.2) is 0 Å². The highest BCUT2D eigenvalue weighted by molar-refractivity contribution is 6.34. The van der Waals surface area contributed by atoms with Crippen molar-refractivity contribution < 1.29 is 4.12 Å². The molecule has 2 unspecified atom stereocenters. The first kappa shape index (κ1) is 12.4. The summed E-state index contributed by atoms with van der Waals surface area (Å²) < 4.78 is 5.37. The molecule has 0 fully saturated rings. The maximum atomic E-state index is 5.37. The lowest BCUT2D eigenvalue weighted by atomic mass is 9.93. The van der Waals surface area contributed by atoms with Gasteiger partial charge in [-0.3, -0.25) is 0 Å². The molecule has 0 aliphatic carbocycles. The van der Waals surface area contributed by atoms with E-state index in [-0.39, 0.29) is 9.76 Å². The minimum Gasteiger partial charge on any atom is -0.468 e. The van der Waals surface area contributed by atoms with Crippen LogP contribution >= 0.6 is 0 Å². The Morgan fingerprint density at radius 2 is 2.00 bits per heavy atom. The summed E-state index contributed by atoms with van der Waals surface area (Å²) in [5.41, 5.74) is 0. The summed E-state index contributed by atoms with van der Waals surface area (Å²) in [6.07, 6.45) is 4.10. The summed E-state index contributed by atoms with van der Waals surface area (Å²) in [6, 6.07) is 1.41. The molecule has 0 saturated carbocycles. The molecule has 0 heterocycles. The summed E-state index contributed by atoms with van der Waals surface area (Å²) in [7, 11) is 0.833. The van der Waals surface area contributed by atoms with Gasteiger partial charge in [-0.05, 0) is 24.3 Å². The Bertz CT molecular complexity index is 98.5. The van der Waals surface area contributed by atoms with Gasteiger partial charge in [0.1, 0.15) is 20.2 Å². The Labute approximate surface area is 82.8 Å². The van der Waals surface area contributed by atoms with Crippen LogP contribution in [0.3, 0.4) is 0 Å². The lowest BCUT2D eigenvalue weighted by Gasteiger charge is -2.17. The zero-order chi connectivity index (χ0) is 9.40. The monoisotopic (exact) mass is 204 g/mol. The SMILES string of the molecule is CCC(C)CC(CC)C[SiH2]O[SiH3]. The minimum atomic E-state index is -0.126. The van der Waals surface area contributed by atoms with E-state index >= 15 is 0 Å². The average Bonchev–Trinajstić information content (AvgIpc) is 2.11. The first-order chi connectivity index (χ1) is 5.74. The van der Waals surface area contributed by atoms with Crippen LogP contribution in [0.5, 0.6) is 0 Å². The van der Waals surface area contributed by atoms with Crippen molar-refractivity contribution >= 4 is 20.2 Å². The molecule has 0 spiro atoms. The maximum absolute atomic E-state index is 5.37. The van der Waals surface area contributed by atoms with E-state index in [0.29, 0.717) is 0 Å². The van der Waals surface area contributed by atoms with Crippen LogP contribution in [0.1, 0.15) is 40.0 Å². The zero-order valence-electron chi connectivity index (χ0n) is 9.10. The number of hydrogen-bond donors (Lipinski definition) is 0. The molecular weight excluding hydrogens is 180 g/mol. The van der Waals surface area contributed by atoms with Gasteiger partial charge in [0.05, 0.1) is 0 Å². The molecule has 0 aromatic heterocycles. The van der Waals surface area contributed by atoms with Crippen LogP contribution in [0.25, 0.3) is 0 Å². The predicted molar refractivity (Wildman–Crippen MR) is 62.2 cm³/mol. The van der Waals surface area contributed by atoms with Crippen molar-refractivity contribution in [1.29, 1.82) is 0 Å². The molecule has 0 saturated heterocycles. The molecule has 0 amide bonds. The largest absolute Gasteiger partial charge is 0.468 e. The lowest BCUT2D eigenvalue weighted by Crippen LogP contribution is -2.09. The van der Waals surface area contributed by atoms with Crippen LogP contribution in [0.2, 0.25) is 6.04 Å². The molecule has 0 aromatic rings. The van der Waals surface area contributed by atoms with Crippen molar-refractivity contribution in [2.75, 3.05) is 0 Å². The van der Waals surface area contributed by atoms with Gasteiger partial charge in [-0.1, -0.05) is 33.6 Å². The maximum Gasteiger partial charge on any atom is 0.146 e. The second-order valence-electron chi connectivity index (χ2n) is 3.80. The summed E-state index contributed by atoms with van der Waals surface area (Å²) in [5.74, 6) is 1.87. The second-order valence-corrected chi connectivity index (χ2v) is 7.10. The normalized spacial score (nSPS) is 17.2. The smallest absolute Gasteiger partial charge is 0.146 e. The Morgan fingerprint density at radius 3 is 2.42 bits per heavy atom. The Morgan fingerprint density at radius 1 is 1.33 bits per heavy atom. The van der Waals surface area contributed by atoms with Gasteiger partial charge in [0.15, 0.2) is 0 Å². The number of rotatable bonds is 7. The molecule has 0 aliphatic heterocycles. The summed E-state index contributed by atoms with van der Waals surface area (Å²) in [5, 5.41) is 0. The third-order valence-electron chi connectivity index (χ3n) is 2.74. The fourth-order valence-corrected chi connectivity index (χ4v) is 3.43.